The van der Waals surface area contributed by atoms with Crippen molar-refractivity contribution in [2.24, 2.45) is 4.40 Å². The van der Waals surface area contributed by atoms with Crippen LogP contribution in [-0.2, 0) is 13.2 Å². The fourth-order valence-corrected chi connectivity index (χ4v) is 4.56. The van der Waals surface area contributed by atoms with Gasteiger partial charge in [0.2, 0.25) is 6.79 Å². The molecule has 1 N–H and O–H groups in total. The molecule has 3 aliphatic heterocycles. The first kappa shape index (κ1) is 14.9. The zero-order valence-electron chi connectivity index (χ0n) is 12.2. The number of hydrogen-bond acceptors (Lipinski definition) is 7. The second-order valence-corrected chi connectivity index (χ2v) is 8.22. The van der Waals surface area contributed by atoms with E-state index in [0.717, 1.165) is 5.56 Å². The first-order valence-electron chi connectivity index (χ1n) is 6.98. The van der Waals surface area contributed by atoms with Gasteiger partial charge < -0.3 is 9.47 Å². The molecule has 1 aromatic rings. The van der Waals surface area contributed by atoms with Crippen LogP contribution in [0.1, 0.15) is 12.5 Å². The van der Waals surface area contributed by atoms with Crippen molar-refractivity contribution in [2.45, 2.75) is 6.92 Å². The van der Waals surface area contributed by atoms with Gasteiger partial charge in [0.1, 0.15) is 0 Å². The Morgan fingerprint density at radius 1 is 1.30 bits per heavy atom. The van der Waals surface area contributed by atoms with Gasteiger partial charge in [0.05, 0.1) is 10.7 Å². The first-order valence-corrected chi connectivity index (χ1v) is 9.40. The normalized spacial score (nSPS) is 26.2. The third kappa shape index (κ3) is 2.80. The maximum atomic E-state index is 12.1. The molecule has 0 aliphatic carbocycles. The van der Waals surface area contributed by atoms with E-state index in [1.165, 1.54) is 11.8 Å². The van der Waals surface area contributed by atoms with E-state index in [1.807, 2.05) is 25.1 Å². The summed E-state index contributed by atoms with van der Waals surface area (Å²) in [6.45, 7) is 2.44. The van der Waals surface area contributed by atoms with Crippen molar-refractivity contribution >= 4 is 39.7 Å². The number of amides is 1. The van der Waals surface area contributed by atoms with Crippen molar-refractivity contribution in [1.82, 2.24) is 5.32 Å². The molecule has 9 heteroatoms. The maximum Gasteiger partial charge on any atom is 0.264 e. The molecule has 0 bridgehead atoms. The lowest BCUT2D eigenvalue weighted by atomic mass is 10.2. The van der Waals surface area contributed by atoms with Crippen LogP contribution < -0.4 is 14.8 Å². The van der Waals surface area contributed by atoms with E-state index in [9.17, 15) is 4.79 Å². The lowest BCUT2D eigenvalue weighted by molar-refractivity contribution is -0.115. The maximum absolute atomic E-state index is 12.1. The molecule has 1 amide bonds. The van der Waals surface area contributed by atoms with Crippen molar-refractivity contribution in [2.75, 3.05) is 19.3 Å². The molecule has 2 fully saturated rings. The molecule has 3 aliphatic rings. The number of fused-ring (bicyclic) bond motifs is 1. The molecule has 4 rings (SSSR count). The van der Waals surface area contributed by atoms with Crippen molar-refractivity contribution in [3.05, 3.63) is 28.7 Å². The average Bonchev–Trinajstić information content (AvgIpc) is 3.10. The SMILES string of the molecule is CCS1(N=C2NC(=O)/C(=C/c3ccc4c(c3)OCO4)S2)OCO1. The van der Waals surface area contributed by atoms with Crippen molar-refractivity contribution < 1.29 is 22.6 Å². The summed E-state index contributed by atoms with van der Waals surface area (Å²) in [4.78, 5) is 12.7. The molecular weight excluding hydrogens is 340 g/mol. The monoisotopic (exact) mass is 354 g/mol. The number of rotatable bonds is 3. The Balaban J connectivity index is 1.55. The minimum Gasteiger partial charge on any atom is -0.454 e. The largest absolute Gasteiger partial charge is 0.454 e. The summed E-state index contributed by atoms with van der Waals surface area (Å²) in [7, 11) is -1.86. The van der Waals surface area contributed by atoms with Gasteiger partial charge in [0.25, 0.3) is 5.91 Å². The molecule has 0 saturated carbocycles. The van der Waals surface area contributed by atoms with E-state index in [0.29, 0.717) is 27.3 Å². The summed E-state index contributed by atoms with van der Waals surface area (Å²) >= 11 is 1.28. The van der Waals surface area contributed by atoms with Gasteiger partial charge in [-0.15, -0.1) is 4.40 Å². The zero-order valence-corrected chi connectivity index (χ0v) is 13.9. The number of thioether (sulfide) groups is 1. The van der Waals surface area contributed by atoms with E-state index in [-0.39, 0.29) is 19.5 Å². The summed E-state index contributed by atoms with van der Waals surface area (Å²) in [5.74, 6) is 1.87. The molecule has 0 spiro atoms. The van der Waals surface area contributed by atoms with E-state index in [4.69, 9.17) is 17.8 Å². The molecule has 0 atom stereocenters. The summed E-state index contributed by atoms with van der Waals surface area (Å²) in [6.07, 6.45) is 1.79. The Morgan fingerprint density at radius 2 is 2.13 bits per heavy atom. The molecule has 7 nitrogen and oxygen atoms in total. The highest BCUT2D eigenvalue weighted by Crippen LogP contribution is 2.59. The van der Waals surface area contributed by atoms with Gasteiger partial charge >= 0.3 is 0 Å². The van der Waals surface area contributed by atoms with Crippen LogP contribution >= 0.6 is 22.5 Å². The zero-order chi connectivity index (χ0) is 15.9. The number of nitrogens with zero attached hydrogens (tertiary/aromatic N) is 1. The number of benzene rings is 1. The van der Waals surface area contributed by atoms with Gasteiger partial charge in [0, 0.05) is 0 Å². The molecular formula is C14H14N2O5S2. The van der Waals surface area contributed by atoms with Crippen molar-refractivity contribution in [3.63, 3.8) is 0 Å². The topological polar surface area (TPSA) is 78.4 Å². The highest BCUT2D eigenvalue weighted by atomic mass is 32.3. The van der Waals surface area contributed by atoms with Crippen LogP contribution in [0.4, 0.5) is 0 Å². The lowest BCUT2D eigenvalue weighted by Gasteiger charge is -2.44. The van der Waals surface area contributed by atoms with Gasteiger partial charge in [-0.3, -0.25) is 10.1 Å². The van der Waals surface area contributed by atoms with Gasteiger partial charge in [0.15, 0.2) is 23.5 Å². The number of nitrogens with one attached hydrogen (secondary N) is 1. The Bertz CT molecular complexity index is 724. The quantitative estimate of drug-likeness (QED) is 0.841. The number of carbonyl (C=O) groups is 1. The lowest BCUT2D eigenvalue weighted by Crippen LogP contribution is -2.26. The molecule has 0 radical (unpaired) electrons. The van der Waals surface area contributed by atoms with Crippen LogP contribution in [0.25, 0.3) is 6.08 Å². The van der Waals surface area contributed by atoms with Crippen molar-refractivity contribution in [1.29, 1.82) is 0 Å². The number of ether oxygens (including phenoxy) is 2. The van der Waals surface area contributed by atoms with Crippen molar-refractivity contribution in [3.8, 4) is 11.5 Å². The third-order valence-corrected chi connectivity index (χ3v) is 6.54. The van der Waals surface area contributed by atoms with Gasteiger partial charge in [-0.05, 0) is 42.5 Å². The predicted molar refractivity (Wildman–Crippen MR) is 88.9 cm³/mol. The van der Waals surface area contributed by atoms with Gasteiger partial charge in [-0.25, -0.2) is 8.37 Å². The average molecular weight is 354 g/mol. The highest BCUT2D eigenvalue weighted by Gasteiger charge is 2.32. The third-order valence-electron chi connectivity index (χ3n) is 3.40. The highest BCUT2D eigenvalue weighted by molar-refractivity contribution is 8.27. The first-order chi connectivity index (χ1) is 11.2. The van der Waals surface area contributed by atoms with Crippen LogP contribution in [0.15, 0.2) is 27.5 Å². The standard InChI is InChI=1S/C14H14N2O5S2/c1-2-23(20-8-21-23)16-14-15-13(17)12(22-14)6-9-3-4-10-11(5-9)19-7-18-10/h3-6H,2,7-8H2,1H3,(H,15,16,17)/b12-6-. The Morgan fingerprint density at radius 3 is 2.87 bits per heavy atom. The summed E-state index contributed by atoms with van der Waals surface area (Å²) in [5.41, 5.74) is 0.863. The van der Waals surface area contributed by atoms with Crippen LogP contribution in [0.3, 0.4) is 0 Å². The Labute approximate surface area is 138 Å². The second-order valence-electron chi connectivity index (χ2n) is 4.80. The summed E-state index contributed by atoms with van der Waals surface area (Å²) < 4.78 is 25.9. The van der Waals surface area contributed by atoms with E-state index < -0.39 is 10.8 Å². The molecule has 122 valence electrons. The van der Waals surface area contributed by atoms with Crippen LogP contribution in [-0.4, -0.2) is 30.4 Å². The minimum absolute atomic E-state index is 0.184. The van der Waals surface area contributed by atoms with E-state index in [2.05, 4.69) is 9.71 Å². The van der Waals surface area contributed by atoms with E-state index >= 15 is 0 Å². The minimum atomic E-state index is -1.86. The molecule has 0 aromatic heterocycles. The van der Waals surface area contributed by atoms with Crippen LogP contribution in [0.5, 0.6) is 11.5 Å². The summed E-state index contributed by atoms with van der Waals surface area (Å²) in [5, 5.41) is 3.26. The van der Waals surface area contributed by atoms with E-state index in [1.54, 1.807) is 6.08 Å². The molecule has 1 aromatic carbocycles. The van der Waals surface area contributed by atoms with Crippen LogP contribution in [0, 0.1) is 0 Å². The second kappa shape index (κ2) is 5.75. The molecule has 23 heavy (non-hydrogen) atoms. The molecule has 2 saturated heterocycles. The van der Waals surface area contributed by atoms with Gasteiger partial charge in [-0.2, -0.15) is 0 Å². The fourth-order valence-electron chi connectivity index (χ4n) is 2.19. The molecule has 0 unspecified atom stereocenters. The Kier molecular flexibility index (Phi) is 3.72. The van der Waals surface area contributed by atoms with Crippen LogP contribution in [0.2, 0.25) is 0 Å². The molecule has 3 heterocycles. The number of hydrogen-bond donors (Lipinski definition) is 1. The predicted octanol–water partition coefficient (Wildman–Crippen LogP) is 2.55. The fraction of sp³-hybridized carbons (Fsp3) is 0.286. The number of carbonyl (C=O) groups excluding carboxylic acids is 1. The Hall–Kier alpha value is -1.68. The summed E-state index contributed by atoms with van der Waals surface area (Å²) in [6, 6.07) is 5.54. The van der Waals surface area contributed by atoms with Gasteiger partial charge in [-0.1, -0.05) is 16.8 Å². The smallest absolute Gasteiger partial charge is 0.264 e. The number of amidine groups is 1.